The molecule has 1 aromatic carbocycles. The first kappa shape index (κ1) is 15.6. The topological polar surface area (TPSA) is 63.2 Å². The molecule has 0 aliphatic carbocycles. The predicted molar refractivity (Wildman–Crippen MR) is 86.2 cm³/mol. The fourth-order valence-electron chi connectivity index (χ4n) is 1.51. The largest absolute Gasteiger partial charge is 0.495 e. The van der Waals surface area contributed by atoms with E-state index in [2.05, 4.69) is 15.6 Å². The van der Waals surface area contributed by atoms with E-state index in [-0.39, 0.29) is 16.3 Å². The maximum atomic E-state index is 11.8. The number of amides is 2. The lowest BCUT2D eigenvalue weighted by molar-refractivity contribution is 0.262. The van der Waals surface area contributed by atoms with Crippen molar-refractivity contribution in [1.29, 1.82) is 0 Å². The highest BCUT2D eigenvalue weighted by atomic mass is 16.5. The second-order valence-corrected chi connectivity index (χ2v) is 3.75. The molecule has 2 rings (SSSR count). The fourth-order valence-corrected chi connectivity index (χ4v) is 1.51. The molecule has 0 spiro atoms. The minimum Gasteiger partial charge on any atom is -0.495 e. The summed E-state index contributed by atoms with van der Waals surface area (Å²) in [4.78, 5) is 15.7. The molecule has 0 fully saturated rings. The normalized spacial score (nSPS) is 9.25. The van der Waals surface area contributed by atoms with Gasteiger partial charge in [-0.2, -0.15) is 0 Å². The average molecular weight is 273 g/mol. The number of ether oxygens (including phenoxy) is 1. The van der Waals surface area contributed by atoms with Gasteiger partial charge in [0.05, 0.1) is 18.5 Å². The number of pyridine rings is 1. The summed E-state index contributed by atoms with van der Waals surface area (Å²) >= 11 is 0. The highest BCUT2D eigenvalue weighted by Gasteiger charge is 2.06. The molecule has 2 aromatic rings. The van der Waals surface area contributed by atoms with Crippen LogP contribution < -0.4 is 21.0 Å². The van der Waals surface area contributed by atoms with Crippen molar-refractivity contribution >= 4 is 30.8 Å². The van der Waals surface area contributed by atoms with Crippen LogP contribution in [0.3, 0.4) is 0 Å². The summed E-state index contributed by atoms with van der Waals surface area (Å²) in [7, 11) is 7.01. The average Bonchev–Trinajstić information content (AvgIpc) is 2.42. The summed E-state index contributed by atoms with van der Waals surface area (Å²) in [5.41, 5.74) is 1.54. The molecule has 2 radical (unpaired) electrons. The molecule has 5 nitrogen and oxygen atoms in total. The number of rotatable bonds is 3. The summed E-state index contributed by atoms with van der Waals surface area (Å²) in [6, 6.07) is 10.0. The molecule has 20 heavy (non-hydrogen) atoms. The van der Waals surface area contributed by atoms with Gasteiger partial charge in [0.25, 0.3) is 0 Å². The number of nitrogens with zero attached hydrogens (tertiary/aromatic N) is 1. The lowest BCUT2D eigenvalue weighted by atomic mass is 10.0. The number of hydrogen-bond acceptors (Lipinski definition) is 3. The lowest BCUT2D eigenvalue weighted by Gasteiger charge is -2.10. The third-order valence-electron chi connectivity index (χ3n) is 2.40. The molecule has 0 bridgehead atoms. The Kier molecular flexibility index (Phi) is 5.59. The van der Waals surface area contributed by atoms with Crippen molar-refractivity contribution in [3.63, 3.8) is 0 Å². The first-order valence-electron chi connectivity index (χ1n) is 5.61. The fraction of sp³-hybridized carbons (Fsp3) is 0.143. The highest BCUT2D eigenvalue weighted by molar-refractivity contribution is 6.30. The molecule has 0 saturated heterocycles. The second kappa shape index (κ2) is 7.18. The molecule has 1 heterocycles. The monoisotopic (exact) mass is 273 g/mol. The van der Waals surface area contributed by atoms with Gasteiger partial charge in [-0.15, -0.1) is 0 Å². The summed E-state index contributed by atoms with van der Waals surface area (Å²) in [5.74, 6) is 0.591. The Morgan fingerprint density at radius 3 is 2.65 bits per heavy atom. The number of carbonyl (C=O) groups excluding carboxylic acids is 1. The molecule has 106 valence electrons. The second-order valence-electron chi connectivity index (χ2n) is 3.75. The van der Waals surface area contributed by atoms with E-state index in [4.69, 9.17) is 12.6 Å². The standard InChI is InChI=1S/C13H12BN3O2.CH4.2H2/c1-19-11-5-3-2-4-10(11)17-13(18)16-9-6-7-12(14)15-8-9;;;/h2-8H,1H3,(H2,16,17,18);1H4;2*1H. The van der Waals surface area contributed by atoms with Crippen LogP contribution in [0, 0.1) is 0 Å². The lowest BCUT2D eigenvalue weighted by Crippen LogP contribution is -2.20. The van der Waals surface area contributed by atoms with E-state index >= 15 is 0 Å². The van der Waals surface area contributed by atoms with Crippen molar-refractivity contribution in [2.45, 2.75) is 7.43 Å². The number of benzene rings is 1. The van der Waals surface area contributed by atoms with Crippen LogP contribution in [0.2, 0.25) is 0 Å². The van der Waals surface area contributed by atoms with Crippen molar-refractivity contribution in [2.75, 3.05) is 17.7 Å². The molecular formula is C14H20BN3O2. The van der Waals surface area contributed by atoms with E-state index in [0.29, 0.717) is 22.7 Å². The van der Waals surface area contributed by atoms with Gasteiger partial charge < -0.3 is 15.4 Å². The Balaban J connectivity index is 0. The van der Waals surface area contributed by atoms with Crippen LogP contribution in [0.5, 0.6) is 5.75 Å². The van der Waals surface area contributed by atoms with Gasteiger partial charge >= 0.3 is 6.03 Å². The Hall–Kier alpha value is -2.50. The molecule has 0 saturated carbocycles. The van der Waals surface area contributed by atoms with Gasteiger partial charge in [-0.05, 0) is 29.9 Å². The maximum Gasteiger partial charge on any atom is 0.323 e. The summed E-state index contributed by atoms with van der Waals surface area (Å²) in [6.07, 6.45) is 1.48. The number of aromatic nitrogens is 1. The van der Waals surface area contributed by atoms with Crippen LogP contribution in [-0.4, -0.2) is 26.0 Å². The Labute approximate surface area is 122 Å². The number of urea groups is 1. The van der Waals surface area contributed by atoms with Gasteiger partial charge in [0.1, 0.15) is 13.6 Å². The Bertz CT molecular complexity index is 583. The third kappa shape index (κ3) is 4.01. The third-order valence-corrected chi connectivity index (χ3v) is 2.40. The first-order valence-corrected chi connectivity index (χ1v) is 5.61. The molecular weight excluding hydrogens is 253 g/mol. The van der Waals surface area contributed by atoms with E-state index in [0.717, 1.165) is 0 Å². The quantitative estimate of drug-likeness (QED) is 0.845. The number of carbonyl (C=O) groups is 1. The molecule has 2 amide bonds. The number of para-hydroxylation sites is 2. The molecule has 0 aliphatic rings. The van der Waals surface area contributed by atoms with Gasteiger partial charge in [0, 0.05) is 9.05 Å². The van der Waals surface area contributed by atoms with Gasteiger partial charge in [0.15, 0.2) is 0 Å². The molecule has 0 atom stereocenters. The van der Waals surface area contributed by atoms with Gasteiger partial charge in [-0.3, -0.25) is 4.98 Å². The molecule has 1 aromatic heterocycles. The maximum absolute atomic E-state index is 11.8. The van der Waals surface area contributed by atoms with Crippen molar-refractivity contribution < 1.29 is 12.4 Å². The van der Waals surface area contributed by atoms with Crippen molar-refractivity contribution in [1.82, 2.24) is 4.98 Å². The molecule has 0 unspecified atom stereocenters. The zero-order chi connectivity index (χ0) is 13.7. The smallest absolute Gasteiger partial charge is 0.323 e. The molecule has 6 heteroatoms. The van der Waals surface area contributed by atoms with Crippen molar-refractivity contribution in [2.24, 2.45) is 0 Å². The van der Waals surface area contributed by atoms with Gasteiger partial charge in [0.2, 0.25) is 0 Å². The first-order chi connectivity index (χ1) is 9.19. The zero-order valence-corrected chi connectivity index (χ0v) is 10.4. The van der Waals surface area contributed by atoms with Gasteiger partial charge in [-0.25, -0.2) is 4.79 Å². The van der Waals surface area contributed by atoms with Crippen LogP contribution in [0.4, 0.5) is 16.2 Å². The summed E-state index contributed by atoms with van der Waals surface area (Å²) < 4.78 is 5.14. The van der Waals surface area contributed by atoms with Crippen LogP contribution in [0.25, 0.3) is 0 Å². The minimum absolute atomic E-state index is 0. The minimum atomic E-state index is -0.379. The van der Waals surface area contributed by atoms with Crippen LogP contribution in [-0.2, 0) is 0 Å². The van der Waals surface area contributed by atoms with E-state index < -0.39 is 0 Å². The van der Waals surface area contributed by atoms with Crippen LogP contribution in [0.1, 0.15) is 10.3 Å². The highest BCUT2D eigenvalue weighted by Crippen LogP contribution is 2.23. The van der Waals surface area contributed by atoms with Gasteiger partial charge in [-0.1, -0.05) is 19.6 Å². The Morgan fingerprint density at radius 2 is 2.00 bits per heavy atom. The Morgan fingerprint density at radius 1 is 1.25 bits per heavy atom. The van der Waals surface area contributed by atoms with Crippen molar-refractivity contribution in [3.05, 3.63) is 42.6 Å². The number of nitrogens with one attached hydrogen (secondary N) is 2. The number of hydrogen-bond donors (Lipinski definition) is 2. The van der Waals surface area contributed by atoms with E-state index in [1.165, 1.54) is 6.20 Å². The van der Waals surface area contributed by atoms with E-state index in [9.17, 15) is 4.79 Å². The SMILES string of the molecule is C.[B]c1ccc(NC(=O)Nc2ccccc2OC)cn1.[HH].[HH]. The van der Waals surface area contributed by atoms with Crippen molar-refractivity contribution in [3.8, 4) is 5.75 Å². The molecule has 0 aliphatic heterocycles. The van der Waals surface area contributed by atoms with E-state index in [1.807, 2.05) is 12.1 Å². The predicted octanol–water partition coefficient (Wildman–Crippen LogP) is 2.66. The summed E-state index contributed by atoms with van der Waals surface area (Å²) in [5, 5.41) is 5.34. The number of anilines is 2. The molecule has 2 N–H and O–H groups in total. The zero-order valence-electron chi connectivity index (χ0n) is 10.4. The van der Waals surface area contributed by atoms with E-state index in [1.54, 1.807) is 31.4 Å². The number of methoxy groups -OCH3 is 1. The summed E-state index contributed by atoms with van der Waals surface area (Å²) in [6.45, 7) is 0. The van der Waals surface area contributed by atoms with Crippen LogP contribution >= 0.6 is 0 Å². The van der Waals surface area contributed by atoms with Crippen LogP contribution in [0.15, 0.2) is 42.6 Å².